The second-order valence-corrected chi connectivity index (χ2v) is 8.32. The van der Waals surface area contributed by atoms with Crippen molar-refractivity contribution in [3.63, 3.8) is 0 Å². The van der Waals surface area contributed by atoms with Crippen LogP contribution in [0.3, 0.4) is 0 Å². The summed E-state index contributed by atoms with van der Waals surface area (Å²) in [7, 11) is -8.35. The Bertz CT molecular complexity index is 1220. The number of nitrogens with zero attached hydrogens (tertiary/aromatic N) is 4. The molecule has 152 valence electrons. The number of aromatic nitrogens is 2. The largest absolute Gasteiger partial charge is 0.380 e. The fraction of sp³-hybridized carbons (Fsp3) is 0. The number of halogens is 1. The monoisotopic (exact) mass is 455 g/mol. The van der Waals surface area contributed by atoms with Crippen LogP contribution in [0, 0.1) is 11.3 Å². The molecule has 10 nitrogen and oxygen atoms in total. The third kappa shape index (κ3) is 5.04. The molecule has 0 aliphatic rings. The molecule has 1 aromatic heterocycles. The number of nitriles is 1. The van der Waals surface area contributed by atoms with Gasteiger partial charge in [-0.05, 0) is 48.5 Å². The molecule has 2 aromatic carbocycles. The highest BCUT2D eigenvalue weighted by Crippen LogP contribution is 2.26. The summed E-state index contributed by atoms with van der Waals surface area (Å²) in [5, 5.41) is 13.7. The standard InChI is InChI=1S/C16H13N5O5S2.ClH/c17-11-13-1-3-14(4-2-13)21(20-10-9-19-12-20)27(22,23)16-7-5-15(6-8-16)26-28(18,24)25;/h1-10,12H,(H2,18,24,25);1H. The second-order valence-electron chi connectivity index (χ2n) is 5.40. The molecule has 0 fully saturated rings. The molecule has 0 atom stereocenters. The summed E-state index contributed by atoms with van der Waals surface area (Å²) in [6.45, 7) is 0. The minimum atomic E-state index is -4.23. The van der Waals surface area contributed by atoms with E-state index in [1.165, 1.54) is 71.9 Å². The van der Waals surface area contributed by atoms with E-state index >= 15 is 0 Å². The van der Waals surface area contributed by atoms with E-state index in [0.29, 0.717) is 5.56 Å². The Morgan fingerprint density at radius 1 is 1.03 bits per heavy atom. The van der Waals surface area contributed by atoms with Crippen molar-refractivity contribution < 1.29 is 21.0 Å². The summed E-state index contributed by atoms with van der Waals surface area (Å²) < 4.78 is 55.1. The molecule has 29 heavy (non-hydrogen) atoms. The molecule has 0 amide bonds. The maximum atomic E-state index is 13.2. The van der Waals surface area contributed by atoms with Crippen LogP contribution in [-0.4, -0.2) is 26.5 Å². The maximum Gasteiger partial charge on any atom is 0.380 e. The molecule has 0 unspecified atom stereocenters. The highest BCUT2D eigenvalue weighted by Gasteiger charge is 2.27. The van der Waals surface area contributed by atoms with Crippen molar-refractivity contribution in [1.82, 2.24) is 9.66 Å². The normalized spacial score (nSPS) is 11.2. The van der Waals surface area contributed by atoms with Crippen molar-refractivity contribution in [2.45, 2.75) is 4.90 Å². The Kier molecular flexibility index (Phi) is 6.50. The fourth-order valence-corrected chi connectivity index (χ4v) is 4.12. The predicted molar refractivity (Wildman–Crippen MR) is 106 cm³/mol. The van der Waals surface area contributed by atoms with Crippen LogP contribution in [0.25, 0.3) is 0 Å². The first-order valence-corrected chi connectivity index (χ1v) is 10.5. The molecule has 0 saturated carbocycles. The summed E-state index contributed by atoms with van der Waals surface area (Å²) >= 11 is 0. The molecule has 0 aliphatic carbocycles. The molecular weight excluding hydrogens is 442 g/mol. The molecule has 0 radical (unpaired) electrons. The smallest absolute Gasteiger partial charge is 0.371 e. The van der Waals surface area contributed by atoms with Gasteiger partial charge in [0.1, 0.15) is 12.1 Å². The minimum Gasteiger partial charge on any atom is -0.371 e. The van der Waals surface area contributed by atoms with Gasteiger partial charge in [0.05, 0.1) is 22.2 Å². The lowest BCUT2D eigenvalue weighted by Gasteiger charge is -2.25. The number of sulfonamides is 1. The van der Waals surface area contributed by atoms with Gasteiger partial charge in [0.15, 0.2) is 0 Å². The summed E-state index contributed by atoms with van der Waals surface area (Å²) in [6, 6.07) is 12.6. The van der Waals surface area contributed by atoms with Crippen LogP contribution in [0.4, 0.5) is 5.69 Å². The Morgan fingerprint density at radius 3 is 2.14 bits per heavy atom. The van der Waals surface area contributed by atoms with Gasteiger partial charge in [0, 0.05) is 12.4 Å². The first-order chi connectivity index (χ1) is 13.2. The fourth-order valence-electron chi connectivity index (χ4n) is 2.32. The van der Waals surface area contributed by atoms with Crippen LogP contribution in [0.15, 0.2) is 72.1 Å². The zero-order valence-corrected chi connectivity index (χ0v) is 16.9. The van der Waals surface area contributed by atoms with E-state index in [4.69, 9.17) is 10.4 Å². The van der Waals surface area contributed by atoms with Gasteiger partial charge in [-0.3, -0.25) is 0 Å². The molecular formula is C16H14ClN5O5S2. The zero-order chi connectivity index (χ0) is 20.4. The van der Waals surface area contributed by atoms with Gasteiger partial charge < -0.3 is 4.18 Å². The van der Waals surface area contributed by atoms with Crippen molar-refractivity contribution in [1.29, 1.82) is 5.26 Å². The number of anilines is 1. The Hall–Kier alpha value is -3.11. The van der Waals surface area contributed by atoms with Crippen molar-refractivity contribution in [3.05, 3.63) is 72.8 Å². The van der Waals surface area contributed by atoms with Crippen LogP contribution < -0.4 is 13.7 Å². The maximum absolute atomic E-state index is 13.2. The van der Waals surface area contributed by atoms with Gasteiger partial charge in [-0.15, -0.1) is 12.4 Å². The van der Waals surface area contributed by atoms with Crippen LogP contribution in [-0.2, 0) is 20.3 Å². The van der Waals surface area contributed by atoms with E-state index < -0.39 is 20.3 Å². The second kappa shape index (κ2) is 8.50. The Balaban J connectivity index is 0.00000300. The van der Waals surface area contributed by atoms with E-state index in [1.54, 1.807) is 0 Å². The number of rotatable bonds is 6. The molecule has 0 saturated heterocycles. The van der Waals surface area contributed by atoms with Gasteiger partial charge in [-0.25, -0.2) is 9.66 Å². The molecule has 3 aromatic rings. The SMILES string of the molecule is Cl.N#Cc1ccc(N(n2ccnc2)S(=O)(=O)c2ccc(OS(N)(=O)=O)cc2)cc1. The van der Waals surface area contributed by atoms with E-state index in [0.717, 1.165) is 4.41 Å². The van der Waals surface area contributed by atoms with Crippen LogP contribution in [0.5, 0.6) is 5.75 Å². The first kappa shape index (κ1) is 22.2. The van der Waals surface area contributed by atoms with Gasteiger partial charge in [0.2, 0.25) is 0 Å². The van der Waals surface area contributed by atoms with Crippen molar-refractivity contribution >= 4 is 38.4 Å². The number of benzene rings is 2. The molecule has 0 spiro atoms. The molecule has 13 heteroatoms. The summed E-state index contributed by atoms with van der Waals surface area (Å²) in [6.07, 6.45) is 4.15. The molecule has 2 N–H and O–H groups in total. The molecule has 0 bridgehead atoms. The summed E-state index contributed by atoms with van der Waals surface area (Å²) in [4.78, 5) is 3.74. The minimum absolute atomic E-state index is 0. The van der Waals surface area contributed by atoms with Crippen LogP contribution >= 0.6 is 12.4 Å². The number of hydrogen-bond donors (Lipinski definition) is 1. The highest BCUT2D eigenvalue weighted by atomic mass is 35.5. The Labute approximate surface area is 173 Å². The number of imidazole rings is 1. The number of nitrogens with two attached hydrogens (primary N) is 1. The van der Waals surface area contributed by atoms with E-state index in [2.05, 4.69) is 9.17 Å². The molecule has 3 rings (SSSR count). The molecule has 1 heterocycles. The third-order valence-electron chi connectivity index (χ3n) is 3.48. The van der Waals surface area contributed by atoms with Gasteiger partial charge in [-0.1, -0.05) is 0 Å². The average molecular weight is 456 g/mol. The van der Waals surface area contributed by atoms with Crippen LogP contribution in [0.1, 0.15) is 5.56 Å². The topological polar surface area (TPSA) is 148 Å². The van der Waals surface area contributed by atoms with E-state index in [1.807, 2.05) is 6.07 Å². The van der Waals surface area contributed by atoms with E-state index in [9.17, 15) is 16.8 Å². The summed E-state index contributed by atoms with van der Waals surface area (Å²) in [5.74, 6) is -0.131. The highest BCUT2D eigenvalue weighted by molar-refractivity contribution is 7.92. The van der Waals surface area contributed by atoms with E-state index in [-0.39, 0.29) is 28.7 Å². The summed E-state index contributed by atoms with van der Waals surface area (Å²) in [5.41, 5.74) is 0.637. The van der Waals surface area contributed by atoms with Gasteiger partial charge in [-0.2, -0.15) is 31.7 Å². The quantitative estimate of drug-likeness (QED) is 0.590. The van der Waals surface area contributed by atoms with Crippen molar-refractivity contribution in [3.8, 4) is 11.8 Å². The average Bonchev–Trinajstić information content (AvgIpc) is 3.15. The van der Waals surface area contributed by atoms with Crippen molar-refractivity contribution in [2.75, 3.05) is 4.41 Å². The van der Waals surface area contributed by atoms with Crippen molar-refractivity contribution in [2.24, 2.45) is 5.14 Å². The lowest BCUT2D eigenvalue weighted by molar-refractivity contribution is 0.487. The van der Waals surface area contributed by atoms with Crippen LogP contribution in [0.2, 0.25) is 0 Å². The molecule has 0 aliphatic heterocycles. The lowest BCUT2D eigenvalue weighted by Crippen LogP contribution is -2.35. The first-order valence-electron chi connectivity index (χ1n) is 7.57. The zero-order valence-electron chi connectivity index (χ0n) is 14.5. The number of hydrogen-bond acceptors (Lipinski definition) is 7. The third-order valence-corrected chi connectivity index (χ3v) is 5.63. The Morgan fingerprint density at radius 2 is 1.66 bits per heavy atom. The van der Waals surface area contributed by atoms with Gasteiger partial charge in [0.25, 0.3) is 10.0 Å². The lowest BCUT2D eigenvalue weighted by atomic mass is 10.2. The predicted octanol–water partition coefficient (Wildman–Crippen LogP) is 1.42. The van der Waals surface area contributed by atoms with Gasteiger partial charge >= 0.3 is 10.3 Å².